The molecule has 0 aliphatic rings. The minimum atomic E-state index is -0.136. The van der Waals surface area contributed by atoms with Crippen LogP contribution in [-0.2, 0) is 4.79 Å². The molecule has 17 heavy (non-hydrogen) atoms. The Kier molecular flexibility index (Phi) is 6.72. The van der Waals surface area contributed by atoms with Crippen LogP contribution in [0.3, 0.4) is 0 Å². The van der Waals surface area contributed by atoms with Crippen molar-refractivity contribution in [3.05, 3.63) is 0 Å². The maximum atomic E-state index is 12.1. The first-order valence-corrected chi connectivity index (χ1v) is 6.49. The molecular formula is C13H29N3O. The fraction of sp³-hybridized carbons (Fsp3) is 0.923. The highest BCUT2D eigenvalue weighted by Gasteiger charge is 2.26. The summed E-state index contributed by atoms with van der Waals surface area (Å²) in [6, 6.07) is 0.202. The Labute approximate surface area is 106 Å². The summed E-state index contributed by atoms with van der Waals surface area (Å²) in [7, 11) is 1.98. The molecule has 1 amide bonds. The average Bonchev–Trinajstić information content (AvgIpc) is 2.26. The first kappa shape index (κ1) is 16.4. The van der Waals surface area contributed by atoms with Crippen molar-refractivity contribution >= 4 is 5.91 Å². The van der Waals surface area contributed by atoms with Gasteiger partial charge in [0.1, 0.15) is 0 Å². The maximum Gasteiger partial charge on any atom is 0.237 e. The van der Waals surface area contributed by atoms with E-state index in [1.807, 2.05) is 27.8 Å². The second-order valence-electron chi connectivity index (χ2n) is 5.49. The zero-order valence-corrected chi connectivity index (χ0v) is 12.2. The molecule has 4 heteroatoms. The lowest BCUT2D eigenvalue weighted by atomic mass is 10.0. The lowest BCUT2D eigenvalue weighted by Gasteiger charge is -2.33. The molecule has 0 radical (unpaired) electrons. The minimum absolute atomic E-state index is 0.0863. The molecule has 0 aromatic heterocycles. The van der Waals surface area contributed by atoms with E-state index in [2.05, 4.69) is 24.1 Å². The highest BCUT2D eigenvalue weighted by Crippen LogP contribution is 2.10. The molecule has 0 saturated heterocycles. The monoisotopic (exact) mass is 243 g/mol. The molecule has 2 unspecified atom stereocenters. The van der Waals surface area contributed by atoms with Crippen LogP contribution in [0.2, 0.25) is 0 Å². The third kappa shape index (κ3) is 5.50. The first-order chi connectivity index (χ1) is 7.75. The SMILES string of the molecule is CCC(C)(C)NC(=O)C(C)N(C)C(C)CCN. The fourth-order valence-electron chi connectivity index (χ4n) is 1.54. The molecule has 0 spiro atoms. The second kappa shape index (κ2) is 6.97. The van der Waals surface area contributed by atoms with E-state index in [4.69, 9.17) is 5.73 Å². The molecule has 0 rings (SSSR count). The van der Waals surface area contributed by atoms with Crippen molar-refractivity contribution in [2.24, 2.45) is 5.73 Å². The quantitative estimate of drug-likeness (QED) is 0.709. The van der Waals surface area contributed by atoms with Gasteiger partial charge in [-0.25, -0.2) is 0 Å². The van der Waals surface area contributed by atoms with Crippen molar-refractivity contribution in [2.75, 3.05) is 13.6 Å². The fourth-order valence-corrected chi connectivity index (χ4v) is 1.54. The van der Waals surface area contributed by atoms with Crippen LogP contribution in [-0.4, -0.2) is 42.0 Å². The average molecular weight is 243 g/mol. The van der Waals surface area contributed by atoms with Gasteiger partial charge in [0, 0.05) is 11.6 Å². The van der Waals surface area contributed by atoms with Crippen LogP contribution in [0.15, 0.2) is 0 Å². The Balaban J connectivity index is 4.39. The highest BCUT2D eigenvalue weighted by molar-refractivity contribution is 5.82. The maximum absolute atomic E-state index is 12.1. The van der Waals surface area contributed by atoms with Gasteiger partial charge in [0.15, 0.2) is 0 Å². The van der Waals surface area contributed by atoms with Crippen LogP contribution in [0, 0.1) is 0 Å². The number of nitrogens with two attached hydrogens (primary N) is 1. The Morgan fingerprint density at radius 2 is 1.94 bits per heavy atom. The summed E-state index contributed by atoms with van der Waals surface area (Å²) in [6.45, 7) is 10.9. The van der Waals surface area contributed by atoms with Crippen molar-refractivity contribution in [1.29, 1.82) is 0 Å². The number of nitrogens with one attached hydrogen (secondary N) is 1. The van der Waals surface area contributed by atoms with E-state index in [1.54, 1.807) is 0 Å². The minimum Gasteiger partial charge on any atom is -0.350 e. The molecule has 0 bridgehead atoms. The third-order valence-corrected chi connectivity index (χ3v) is 3.62. The van der Waals surface area contributed by atoms with E-state index in [0.29, 0.717) is 12.6 Å². The van der Waals surface area contributed by atoms with Crippen LogP contribution in [0.25, 0.3) is 0 Å². The molecule has 0 aliphatic carbocycles. The number of hydrogen-bond donors (Lipinski definition) is 2. The van der Waals surface area contributed by atoms with Crippen molar-refractivity contribution < 1.29 is 4.79 Å². The predicted octanol–water partition coefficient (Wildman–Crippen LogP) is 1.35. The lowest BCUT2D eigenvalue weighted by Crippen LogP contribution is -2.52. The van der Waals surface area contributed by atoms with Crippen LogP contribution in [0.4, 0.5) is 0 Å². The van der Waals surface area contributed by atoms with Gasteiger partial charge in [0.25, 0.3) is 0 Å². The summed E-state index contributed by atoms with van der Waals surface area (Å²) < 4.78 is 0. The van der Waals surface area contributed by atoms with Crippen LogP contribution in [0.5, 0.6) is 0 Å². The van der Waals surface area contributed by atoms with Gasteiger partial charge < -0.3 is 11.1 Å². The molecule has 102 valence electrons. The standard InChI is InChI=1S/C13H29N3O/c1-7-13(4,5)15-12(17)11(3)16(6)10(2)8-9-14/h10-11H,7-9,14H2,1-6H3,(H,15,17). The van der Waals surface area contributed by atoms with E-state index in [9.17, 15) is 4.79 Å². The molecular weight excluding hydrogens is 214 g/mol. The molecule has 0 fully saturated rings. The van der Waals surface area contributed by atoms with Gasteiger partial charge in [-0.2, -0.15) is 0 Å². The van der Waals surface area contributed by atoms with Crippen molar-refractivity contribution in [3.8, 4) is 0 Å². The van der Waals surface area contributed by atoms with E-state index < -0.39 is 0 Å². The largest absolute Gasteiger partial charge is 0.350 e. The molecule has 0 aromatic rings. The zero-order valence-electron chi connectivity index (χ0n) is 12.2. The van der Waals surface area contributed by atoms with E-state index in [0.717, 1.165) is 12.8 Å². The van der Waals surface area contributed by atoms with E-state index in [1.165, 1.54) is 0 Å². The Morgan fingerprint density at radius 1 is 1.41 bits per heavy atom. The van der Waals surface area contributed by atoms with Crippen LogP contribution >= 0.6 is 0 Å². The summed E-state index contributed by atoms with van der Waals surface area (Å²) in [5.41, 5.74) is 5.40. The van der Waals surface area contributed by atoms with Gasteiger partial charge in [-0.15, -0.1) is 0 Å². The molecule has 0 saturated carbocycles. The van der Waals surface area contributed by atoms with Crippen molar-refractivity contribution in [1.82, 2.24) is 10.2 Å². The molecule has 3 N–H and O–H groups in total. The number of amides is 1. The molecule has 4 nitrogen and oxygen atoms in total. The van der Waals surface area contributed by atoms with E-state index in [-0.39, 0.29) is 17.5 Å². The summed E-state index contributed by atoms with van der Waals surface area (Å²) in [5, 5.41) is 3.07. The second-order valence-corrected chi connectivity index (χ2v) is 5.49. The molecule has 0 heterocycles. The lowest BCUT2D eigenvalue weighted by molar-refractivity contribution is -0.127. The topological polar surface area (TPSA) is 58.4 Å². The Hall–Kier alpha value is -0.610. The number of hydrogen-bond acceptors (Lipinski definition) is 3. The van der Waals surface area contributed by atoms with E-state index >= 15 is 0 Å². The first-order valence-electron chi connectivity index (χ1n) is 6.49. The number of nitrogens with zero attached hydrogens (tertiary/aromatic N) is 1. The Morgan fingerprint density at radius 3 is 2.35 bits per heavy atom. The van der Waals surface area contributed by atoms with Gasteiger partial charge >= 0.3 is 0 Å². The van der Waals surface area contributed by atoms with Crippen LogP contribution in [0.1, 0.15) is 47.5 Å². The van der Waals surface area contributed by atoms with Gasteiger partial charge in [0.2, 0.25) is 5.91 Å². The Bertz CT molecular complexity index is 241. The normalized spacial score (nSPS) is 15.8. The third-order valence-electron chi connectivity index (χ3n) is 3.62. The highest BCUT2D eigenvalue weighted by atomic mass is 16.2. The summed E-state index contributed by atoms with van der Waals surface area (Å²) >= 11 is 0. The zero-order chi connectivity index (χ0) is 13.6. The summed E-state index contributed by atoms with van der Waals surface area (Å²) in [6.07, 6.45) is 1.83. The van der Waals surface area contributed by atoms with Gasteiger partial charge in [-0.05, 0) is 54.1 Å². The molecule has 0 aromatic carbocycles. The summed E-state index contributed by atoms with van der Waals surface area (Å²) in [4.78, 5) is 14.2. The van der Waals surface area contributed by atoms with Crippen molar-refractivity contribution in [3.63, 3.8) is 0 Å². The molecule has 2 atom stereocenters. The number of likely N-dealkylation sites (N-methyl/N-ethyl adjacent to an activating group) is 1. The summed E-state index contributed by atoms with van der Waals surface area (Å²) in [5.74, 6) is 0.0863. The van der Waals surface area contributed by atoms with Gasteiger partial charge in [-0.3, -0.25) is 9.69 Å². The van der Waals surface area contributed by atoms with Crippen LogP contribution < -0.4 is 11.1 Å². The predicted molar refractivity (Wildman–Crippen MR) is 72.9 cm³/mol. The molecule has 0 aliphatic heterocycles. The van der Waals surface area contributed by atoms with Gasteiger partial charge in [-0.1, -0.05) is 6.92 Å². The van der Waals surface area contributed by atoms with Crippen molar-refractivity contribution in [2.45, 2.75) is 65.1 Å². The number of carbonyl (C=O) groups excluding carboxylic acids is 1. The number of carbonyl (C=O) groups is 1. The number of rotatable bonds is 7. The van der Waals surface area contributed by atoms with Gasteiger partial charge in [0.05, 0.1) is 6.04 Å². The smallest absolute Gasteiger partial charge is 0.237 e.